The molecule has 0 amide bonds. The van der Waals surface area contributed by atoms with E-state index in [2.05, 4.69) is 33.2 Å². The topological polar surface area (TPSA) is 51.8 Å². The largest absolute Gasteiger partial charge is 0.486 e. The van der Waals surface area contributed by atoms with Crippen molar-refractivity contribution in [2.75, 3.05) is 0 Å². The molecule has 0 saturated heterocycles. The van der Waals surface area contributed by atoms with Gasteiger partial charge in [0.1, 0.15) is 0 Å². The van der Waals surface area contributed by atoms with Gasteiger partial charge in [-0.1, -0.05) is 74.2 Å². The predicted molar refractivity (Wildman–Crippen MR) is 184 cm³/mol. The molecule has 7 rings (SSSR count). The van der Waals surface area contributed by atoms with Gasteiger partial charge in [0.15, 0.2) is 0 Å². The van der Waals surface area contributed by atoms with Crippen LogP contribution in [0.5, 0.6) is 0 Å². The number of hydrogen-bond acceptors (Lipinski definition) is 4. The van der Waals surface area contributed by atoms with Gasteiger partial charge in [-0.2, -0.15) is 0 Å². The molecule has 0 aliphatic heterocycles. The summed E-state index contributed by atoms with van der Waals surface area (Å²) in [6, 6.07) is 36.8. The summed E-state index contributed by atoms with van der Waals surface area (Å²) >= 11 is 0. The molecule has 4 nitrogen and oxygen atoms in total. The molecule has 46 heavy (non-hydrogen) atoms. The fourth-order valence-electron chi connectivity index (χ4n) is 5.09. The van der Waals surface area contributed by atoms with Gasteiger partial charge in [-0.05, 0) is 83.8 Å². The summed E-state index contributed by atoms with van der Waals surface area (Å²) in [4.78, 5) is 13.1. The van der Waals surface area contributed by atoms with Crippen LogP contribution in [0.4, 0.5) is 0 Å². The van der Waals surface area contributed by atoms with Crippen molar-refractivity contribution >= 4 is 22.1 Å². The number of benzene rings is 3. The summed E-state index contributed by atoms with van der Waals surface area (Å²) in [5, 5.41) is 1.56. The standard InChI is InChI=1S/C29H27N2O.C12H10N.Ir/c1-19-8-13-24-23-6-5-7-25(27(23)32-28(24)31-19)26-17-22(14-15-30-26)16-20-9-11-21(12-10-20)18-29(2,3)4;1-10-7-8-12(13-9-10)11-5-3-2-4-6-11;/h5-6,8-15,17H,16,18H2,1-4H3;2-5,7-9H,1H3;/q2*-1;/i1D3,18D2;;. The number of aromatic nitrogens is 3. The molecule has 0 fully saturated rings. The van der Waals surface area contributed by atoms with Crippen molar-refractivity contribution in [2.24, 2.45) is 5.41 Å². The normalized spacial score (nSPS) is 13.3. The molecule has 0 unspecified atom stereocenters. The Morgan fingerprint density at radius 2 is 1.63 bits per heavy atom. The molecule has 4 aromatic heterocycles. The van der Waals surface area contributed by atoms with Crippen molar-refractivity contribution < 1.29 is 31.4 Å². The molecule has 233 valence electrons. The Kier molecular flexibility index (Phi) is 8.33. The second-order valence-electron chi connectivity index (χ2n) is 12.0. The molecule has 7 aromatic rings. The van der Waals surface area contributed by atoms with Crippen LogP contribution in [0, 0.1) is 31.3 Å². The van der Waals surface area contributed by atoms with Crippen LogP contribution in [0.3, 0.4) is 0 Å². The first-order valence-electron chi connectivity index (χ1n) is 17.4. The van der Waals surface area contributed by atoms with E-state index in [-0.39, 0.29) is 31.5 Å². The van der Waals surface area contributed by atoms with Crippen LogP contribution in [0.25, 0.3) is 44.6 Å². The van der Waals surface area contributed by atoms with Gasteiger partial charge in [0, 0.05) is 50.4 Å². The van der Waals surface area contributed by atoms with Crippen LogP contribution < -0.4 is 0 Å². The van der Waals surface area contributed by atoms with Gasteiger partial charge in [0.2, 0.25) is 5.71 Å². The average molecular weight is 785 g/mol. The SMILES string of the molecule is Cc1ccc(-c2[c-]cccc2)nc1.[2H]C([2H])([2H])c1ccc2c(n1)oc1c(-c3cc(Cc4ccc(C([2H])([2H])C(C)(C)C)cc4)ccn3)[c-]ccc12.[Ir]. The average Bonchev–Trinajstić information content (AvgIpc) is 3.47. The van der Waals surface area contributed by atoms with E-state index in [0.29, 0.717) is 28.8 Å². The quantitative estimate of drug-likeness (QED) is 0.163. The minimum Gasteiger partial charge on any atom is -0.486 e. The molecule has 0 aliphatic carbocycles. The van der Waals surface area contributed by atoms with Gasteiger partial charge in [-0.25, -0.2) is 4.98 Å². The fourth-order valence-corrected chi connectivity index (χ4v) is 5.09. The molecule has 5 heteroatoms. The Balaban J connectivity index is 0.000000302. The first kappa shape index (κ1) is 26.7. The maximum atomic E-state index is 8.50. The summed E-state index contributed by atoms with van der Waals surface area (Å²) in [5.74, 6) is 0. The summed E-state index contributed by atoms with van der Waals surface area (Å²) in [5.41, 5.74) is 7.67. The van der Waals surface area contributed by atoms with Crippen LogP contribution in [-0.2, 0) is 32.9 Å². The minimum absolute atomic E-state index is 0. The third-order valence-corrected chi connectivity index (χ3v) is 7.16. The van der Waals surface area contributed by atoms with E-state index in [0.717, 1.165) is 33.2 Å². The number of fused-ring (bicyclic) bond motifs is 3. The second-order valence-corrected chi connectivity index (χ2v) is 12.0. The number of pyridine rings is 3. The maximum absolute atomic E-state index is 8.50. The van der Waals surface area contributed by atoms with E-state index in [1.165, 1.54) is 11.6 Å². The van der Waals surface area contributed by atoms with Crippen LogP contribution in [-0.4, -0.2) is 15.0 Å². The molecule has 3 aromatic carbocycles. The van der Waals surface area contributed by atoms with E-state index < -0.39 is 18.6 Å². The first-order valence-corrected chi connectivity index (χ1v) is 14.9. The fraction of sp³-hybridized carbons (Fsp3) is 0.195. The van der Waals surface area contributed by atoms with E-state index in [1.807, 2.05) is 107 Å². The van der Waals surface area contributed by atoms with Crippen molar-refractivity contribution in [3.8, 4) is 22.5 Å². The molecular weight excluding hydrogens is 743 g/mol. The number of furan rings is 1. The number of hydrogen-bond donors (Lipinski definition) is 0. The molecule has 0 bridgehead atoms. The van der Waals surface area contributed by atoms with Crippen molar-refractivity contribution in [1.82, 2.24) is 15.0 Å². The third kappa shape index (κ3) is 8.03. The van der Waals surface area contributed by atoms with Gasteiger partial charge in [-0.3, -0.25) is 0 Å². The van der Waals surface area contributed by atoms with Crippen LogP contribution in [0.2, 0.25) is 0 Å². The zero-order valence-corrected chi connectivity index (χ0v) is 28.6. The summed E-state index contributed by atoms with van der Waals surface area (Å²) in [6.07, 6.45) is 2.84. The van der Waals surface area contributed by atoms with Crippen molar-refractivity contribution in [1.29, 1.82) is 0 Å². The second kappa shape index (κ2) is 14.3. The molecule has 0 saturated carbocycles. The van der Waals surface area contributed by atoms with Gasteiger partial charge in [0.05, 0.1) is 5.58 Å². The van der Waals surface area contributed by atoms with Gasteiger partial charge < -0.3 is 14.4 Å². The molecule has 0 spiro atoms. The Morgan fingerprint density at radius 3 is 2.35 bits per heavy atom. The zero-order chi connectivity index (χ0) is 35.7. The monoisotopic (exact) mass is 785 g/mol. The first-order chi connectivity index (χ1) is 23.7. The predicted octanol–water partition coefficient (Wildman–Crippen LogP) is 10.2. The van der Waals surface area contributed by atoms with Crippen molar-refractivity contribution in [3.63, 3.8) is 0 Å². The van der Waals surface area contributed by atoms with E-state index in [1.54, 1.807) is 18.3 Å². The van der Waals surface area contributed by atoms with Crippen molar-refractivity contribution in [3.05, 3.63) is 150 Å². The van der Waals surface area contributed by atoms with Crippen molar-refractivity contribution in [2.45, 2.75) is 47.3 Å². The summed E-state index contributed by atoms with van der Waals surface area (Å²) < 4.78 is 45.9. The smallest absolute Gasteiger partial charge is 0.216 e. The molecule has 1 radical (unpaired) electrons. The van der Waals surface area contributed by atoms with Gasteiger partial charge in [0.25, 0.3) is 0 Å². The Hall–Kier alpha value is -4.44. The number of nitrogens with zero attached hydrogens (tertiary/aromatic N) is 3. The van der Waals surface area contributed by atoms with Gasteiger partial charge in [-0.15, -0.1) is 54.1 Å². The molecule has 0 atom stereocenters. The Labute approximate surface area is 292 Å². The van der Waals surface area contributed by atoms with Crippen LogP contribution in [0.15, 0.2) is 114 Å². The van der Waals surface area contributed by atoms with E-state index in [9.17, 15) is 0 Å². The molecule has 0 N–H and O–H groups in total. The number of aryl methyl sites for hydroxylation is 2. The van der Waals surface area contributed by atoms with Gasteiger partial charge >= 0.3 is 0 Å². The summed E-state index contributed by atoms with van der Waals surface area (Å²) in [7, 11) is 0. The Bertz CT molecular complexity index is 2240. The van der Waals surface area contributed by atoms with E-state index >= 15 is 0 Å². The number of rotatable bonds is 5. The molecule has 4 heterocycles. The Morgan fingerprint density at radius 1 is 0.804 bits per heavy atom. The minimum atomic E-state index is -2.31. The zero-order valence-electron chi connectivity index (χ0n) is 31.2. The van der Waals surface area contributed by atoms with Crippen LogP contribution in [0.1, 0.15) is 55.6 Å². The molecular formula is C41H37IrN3O-2. The molecule has 0 aliphatic rings. The van der Waals surface area contributed by atoms with E-state index in [4.69, 9.17) is 11.3 Å². The summed E-state index contributed by atoms with van der Waals surface area (Å²) in [6.45, 7) is 5.43. The van der Waals surface area contributed by atoms with Crippen LogP contribution >= 0.6 is 0 Å². The maximum Gasteiger partial charge on any atom is 0.216 e. The third-order valence-electron chi connectivity index (χ3n) is 7.16.